The molecule has 0 aromatic carbocycles. The van der Waals surface area contributed by atoms with Gasteiger partial charge in [-0.2, -0.15) is 0 Å². The van der Waals surface area contributed by atoms with Crippen LogP contribution < -0.4 is 5.32 Å². The Bertz CT molecular complexity index is 205. The fourth-order valence-corrected chi connectivity index (χ4v) is 0.869. The molecule has 1 heterocycles. The van der Waals surface area contributed by atoms with Crippen LogP contribution in [0, 0.1) is 0 Å². The minimum Gasteiger partial charge on any atom is -0.478 e. The highest BCUT2D eigenvalue weighted by molar-refractivity contribution is 5.28. The van der Waals surface area contributed by atoms with E-state index in [1.807, 2.05) is 52.8 Å². The molecule has 1 fully saturated rings. The summed E-state index contributed by atoms with van der Waals surface area (Å²) in [7, 11) is 0. The quantitative estimate of drug-likeness (QED) is 0.715. The zero-order chi connectivity index (χ0) is 12.1. The Morgan fingerprint density at radius 2 is 1.87 bits per heavy atom. The van der Waals surface area contributed by atoms with Crippen molar-refractivity contribution in [3.8, 4) is 0 Å². The summed E-state index contributed by atoms with van der Waals surface area (Å²) in [6.45, 7) is 15.2. The fourth-order valence-electron chi connectivity index (χ4n) is 0.869. The van der Waals surface area contributed by atoms with Crippen LogP contribution >= 0.6 is 0 Å². The molecule has 0 aromatic rings. The molecule has 2 nitrogen and oxygen atoms in total. The van der Waals surface area contributed by atoms with Gasteiger partial charge in [-0.15, -0.1) is 0 Å². The Hall–Kier alpha value is -1.02. The first-order chi connectivity index (χ1) is 7.34. The van der Waals surface area contributed by atoms with Crippen LogP contribution in [0.1, 0.15) is 34.6 Å². The first kappa shape index (κ1) is 16.4. The predicted molar refractivity (Wildman–Crippen MR) is 68.7 cm³/mol. The number of nitrogens with one attached hydrogen (secondary N) is 1. The average Bonchev–Trinajstić information content (AvgIpc) is 2.33. The Morgan fingerprint density at radius 3 is 2.33 bits per heavy atom. The van der Waals surface area contributed by atoms with E-state index in [1.54, 1.807) is 0 Å². The summed E-state index contributed by atoms with van der Waals surface area (Å²) in [6.07, 6.45) is 5.85. The van der Waals surface area contributed by atoms with Gasteiger partial charge in [0.15, 0.2) is 0 Å². The molecule has 88 valence electrons. The molecule has 0 radical (unpaired) electrons. The Balaban J connectivity index is 0. The van der Waals surface area contributed by atoms with E-state index >= 15 is 0 Å². The number of hydrogen-bond donors (Lipinski definition) is 1. The van der Waals surface area contributed by atoms with Crippen molar-refractivity contribution in [3.05, 3.63) is 36.1 Å². The van der Waals surface area contributed by atoms with E-state index in [2.05, 4.69) is 11.9 Å². The van der Waals surface area contributed by atoms with Crippen LogP contribution in [-0.2, 0) is 4.74 Å². The highest BCUT2D eigenvalue weighted by Gasteiger charge is 2.07. The summed E-state index contributed by atoms with van der Waals surface area (Å²) < 4.78 is 5.29. The minimum absolute atomic E-state index is 0.586. The Kier molecular flexibility index (Phi) is 14.2. The Morgan fingerprint density at radius 1 is 1.27 bits per heavy atom. The molecular formula is C13H25NO. The normalized spacial score (nSPS) is 17.4. The summed E-state index contributed by atoms with van der Waals surface area (Å²) in [5.74, 6) is 0.891. The maximum atomic E-state index is 5.29. The van der Waals surface area contributed by atoms with Gasteiger partial charge in [-0.1, -0.05) is 46.4 Å². The number of rotatable bonds is 1. The molecule has 1 aliphatic heterocycles. The maximum absolute atomic E-state index is 5.29. The lowest BCUT2D eigenvalue weighted by Crippen LogP contribution is -2.27. The van der Waals surface area contributed by atoms with E-state index < -0.39 is 0 Å². The van der Waals surface area contributed by atoms with Gasteiger partial charge in [0.2, 0.25) is 0 Å². The molecule has 1 aliphatic rings. The predicted octanol–water partition coefficient (Wildman–Crippen LogP) is 3.63. The summed E-state index contributed by atoms with van der Waals surface area (Å²) in [4.78, 5) is 0. The Labute approximate surface area is 94.7 Å². The van der Waals surface area contributed by atoms with E-state index in [0.717, 1.165) is 17.9 Å². The fraction of sp³-hybridized carbons (Fsp3) is 0.538. The second-order valence-corrected chi connectivity index (χ2v) is 2.38. The first-order valence-electron chi connectivity index (χ1n) is 5.69. The van der Waals surface area contributed by atoms with E-state index in [4.69, 9.17) is 4.74 Å². The van der Waals surface area contributed by atoms with Crippen LogP contribution in [0.15, 0.2) is 36.1 Å². The monoisotopic (exact) mass is 211 g/mol. The molecule has 2 heteroatoms. The van der Waals surface area contributed by atoms with Crippen molar-refractivity contribution in [3.63, 3.8) is 0 Å². The zero-order valence-corrected chi connectivity index (χ0v) is 10.8. The molecule has 0 spiro atoms. The summed E-state index contributed by atoms with van der Waals surface area (Å²) in [6, 6.07) is 0. The lowest BCUT2D eigenvalue weighted by Gasteiger charge is -2.18. The van der Waals surface area contributed by atoms with Crippen molar-refractivity contribution in [1.29, 1.82) is 0 Å². The van der Waals surface area contributed by atoms with Crippen molar-refractivity contribution in [2.75, 3.05) is 13.3 Å². The van der Waals surface area contributed by atoms with Crippen molar-refractivity contribution in [1.82, 2.24) is 5.32 Å². The molecule has 0 saturated carbocycles. The standard InChI is InChI=1S/C9H13NO.2C2H6/c1-3-4-5-9-8(2)6-10-7-11-9;2*1-2/h3-5,10H,2,6-7H2,1H3;2*1-2H3/b4-3-,9-5+;;. The van der Waals surface area contributed by atoms with Crippen LogP contribution in [0.5, 0.6) is 0 Å². The molecule has 0 aromatic heterocycles. The zero-order valence-electron chi connectivity index (χ0n) is 10.8. The third-order valence-electron chi connectivity index (χ3n) is 1.46. The summed E-state index contributed by atoms with van der Waals surface area (Å²) in [5, 5.41) is 3.05. The highest BCUT2D eigenvalue weighted by atomic mass is 16.5. The average molecular weight is 211 g/mol. The van der Waals surface area contributed by atoms with Crippen LogP contribution in [0.3, 0.4) is 0 Å². The lowest BCUT2D eigenvalue weighted by atomic mass is 10.2. The maximum Gasteiger partial charge on any atom is 0.139 e. The van der Waals surface area contributed by atoms with E-state index in [9.17, 15) is 0 Å². The lowest BCUT2D eigenvalue weighted by molar-refractivity contribution is 0.177. The van der Waals surface area contributed by atoms with Gasteiger partial charge in [-0.25, -0.2) is 0 Å². The van der Waals surface area contributed by atoms with Crippen molar-refractivity contribution >= 4 is 0 Å². The second-order valence-electron chi connectivity index (χ2n) is 2.38. The molecule has 0 amide bonds. The van der Waals surface area contributed by atoms with Gasteiger partial charge in [-0.3, -0.25) is 5.32 Å². The second kappa shape index (κ2) is 13.0. The smallest absolute Gasteiger partial charge is 0.139 e. The molecule has 0 aliphatic carbocycles. The number of allylic oxidation sites excluding steroid dienone is 3. The number of hydrogen-bond acceptors (Lipinski definition) is 2. The van der Waals surface area contributed by atoms with E-state index in [1.165, 1.54) is 0 Å². The molecular weight excluding hydrogens is 186 g/mol. The molecule has 1 N–H and O–H groups in total. The van der Waals surface area contributed by atoms with E-state index in [0.29, 0.717) is 6.73 Å². The van der Waals surface area contributed by atoms with Gasteiger partial charge in [0.1, 0.15) is 12.5 Å². The molecule has 1 rings (SSSR count). The highest BCUT2D eigenvalue weighted by Crippen LogP contribution is 2.11. The van der Waals surface area contributed by atoms with Gasteiger partial charge in [0.05, 0.1) is 0 Å². The molecule has 15 heavy (non-hydrogen) atoms. The third-order valence-corrected chi connectivity index (χ3v) is 1.46. The van der Waals surface area contributed by atoms with Gasteiger partial charge >= 0.3 is 0 Å². The van der Waals surface area contributed by atoms with Gasteiger partial charge in [0, 0.05) is 12.1 Å². The minimum atomic E-state index is 0.586. The third kappa shape index (κ3) is 8.01. The first-order valence-corrected chi connectivity index (χ1v) is 5.69. The van der Waals surface area contributed by atoms with Gasteiger partial charge in [-0.05, 0) is 13.0 Å². The molecule has 0 unspecified atom stereocenters. The summed E-state index contributed by atoms with van der Waals surface area (Å²) in [5.41, 5.74) is 1.01. The SMILES string of the molecule is C=C1CNCO/C1=C/C=C\C.CC.CC. The molecule has 0 atom stereocenters. The van der Waals surface area contributed by atoms with Crippen LogP contribution in [-0.4, -0.2) is 13.3 Å². The van der Waals surface area contributed by atoms with Crippen molar-refractivity contribution < 1.29 is 4.74 Å². The topological polar surface area (TPSA) is 21.3 Å². The summed E-state index contributed by atoms with van der Waals surface area (Å²) >= 11 is 0. The van der Waals surface area contributed by atoms with Crippen LogP contribution in [0.25, 0.3) is 0 Å². The van der Waals surface area contributed by atoms with E-state index in [-0.39, 0.29) is 0 Å². The van der Waals surface area contributed by atoms with Crippen LogP contribution in [0.2, 0.25) is 0 Å². The van der Waals surface area contributed by atoms with Crippen molar-refractivity contribution in [2.45, 2.75) is 34.6 Å². The van der Waals surface area contributed by atoms with Gasteiger partial charge in [0.25, 0.3) is 0 Å². The molecule has 0 bridgehead atoms. The van der Waals surface area contributed by atoms with Gasteiger partial charge < -0.3 is 4.74 Å². The molecule has 1 saturated heterocycles. The largest absolute Gasteiger partial charge is 0.478 e. The van der Waals surface area contributed by atoms with Crippen molar-refractivity contribution in [2.24, 2.45) is 0 Å². The number of ether oxygens (including phenoxy) is 1. The van der Waals surface area contributed by atoms with Crippen LogP contribution in [0.4, 0.5) is 0 Å².